The Kier molecular flexibility index (Phi) is 2.79. The summed E-state index contributed by atoms with van der Waals surface area (Å²) in [5.74, 6) is 0.511. The number of nitrogens with zero attached hydrogens (tertiary/aromatic N) is 2. The lowest BCUT2D eigenvalue weighted by Gasteiger charge is -2.15. The van der Waals surface area contributed by atoms with Crippen LogP contribution < -0.4 is 11.3 Å². The molecule has 22 heavy (non-hydrogen) atoms. The molecule has 1 fully saturated rings. The highest BCUT2D eigenvalue weighted by Crippen LogP contribution is 2.38. The summed E-state index contributed by atoms with van der Waals surface area (Å²) in [6.45, 7) is 2.08. The zero-order valence-electron chi connectivity index (χ0n) is 12.4. The maximum Gasteiger partial charge on any atom is 0.251 e. The number of anilines is 1. The van der Waals surface area contributed by atoms with Gasteiger partial charge in [0.1, 0.15) is 5.82 Å². The second-order valence-electron chi connectivity index (χ2n) is 5.92. The predicted octanol–water partition coefficient (Wildman–Crippen LogP) is 3.29. The standard InChI is InChI=1S/C18H17N3O/c1-11-15(13-3-8-16(19)20-10-13)7-2-12-4-9-17(22)21(18(11)12)14-5-6-14/h2-4,7-10,14H,5-6H2,1H3,(H2,19,20). The molecule has 110 valence electrons. The molecule has 0 bridgehead atoms. The van der Waals surface area contributed by atoms with Crippen molar-refractivity contribution in [3.63, 3.8) is 0 Å². The van der Waals surface area contributed by atoms with Crippen LogP contribution in [0.15, 0.2) is 47.4 Å². The lowest BCUT2D eigenvalue weighted by molar-refractivity contribution is 0.737. The quantitative estimate of drug-likeness (QED) is 0.788. The van der Waals surface area contributed by atoms with Gasteiger partial charge in [-0.3, -0.25) is 4.79 Å². The smallest absolute Gasteiger partial charge is 0.251 e. The van der Waals surface area contributed by atoms with E-state index in [4.69, 9.17) is 5.73 Å². The highest BCUT2D eigenvalue weighted by Gasteiger charge is 2.26. The molecule has 0 saturated heterocycles. The molecule has 0 atom stereocenters. The molecule has 1 aliphatic carbocycles. The molecule has 0 aliphatic heterocycles. The number of hydrogen-bond donors (Lipinski definition) is 1. The third-order valence-electron chi connectivity index (χ3n) is 4.36. The first kappa shape index (κ1) is 13.1. The van der Waals surface area contributed by atoms with Gasteiger partial charge in [0.25, 0.3) is 5.56 Å². The van der Waals surface area contributed by atoms with Gasteiger partial charge in [0.2, 0.25) is 0 Å². The Hall–Kier alpha value is -2.62. The third-order valence-corrected chi connectivity index (χ3v) is 4.36. The fourth-order valence-electron chi connectivity index (χ4n) is 3.10. The van der Waals surface area contributed by atoms with Crippen molar-refractivity contribution in [1.29, 1.82) is 0 Å². The fourth-order valence-corrected chi connectivity index (χ4v) is 3.10. The van der Waals surface area contributed by atoms with Crippen molar-refractivity contribution in [3.8, 4) is 11.1 Å². The maximum atomic E-state index is 12.3. The van der Waals surface area contributed by atoms with Crippen molar-refractivity contribution in [2.75, 3.05) is 5.73 Å². The van der Waals surface area contributed by atoms with Crippen LogP contribution in [0, 0.1) is 6.92 Å². The van der Waals surface area contributed by atoms with E-state index in [1.807, 2.05) is 16.7 Å². The average molecular weight is 291 g/mol. The van der Waals surface area contributed by atoms with Crippen LogP contribution in [-0.2, 0) is 0 Å². The van der Waals surface area contributed by atoms with Crippen LogP contribution in [0.3, 0.4) is 0 Å². The van der Waals surface area contributed by atoms with E-state index >= 15 is 0 Å². The van der Waals surface area contributed by atoms with Crippen LogP contribution in [0.1, 0.15) is 24.4 Å². The van der Waals surface area contributed by atoms with Crippen LogP contribution in [0.5, 0.6) is 0 Å². The average Bonchev–Trinajstić information content (AvgIpc) is 3.34. The Morgan fingerprint density at radius 1 is 1.14 bits per heavy atom. The van der Waals surface area contributed by atoms with Crippen LogP contribution in [-0.4, -0.2) is 9.55 Å². The van der Waals surface area contributed by atoms with Crippen LogP contribution >= 0.6 is 0 Å². The van der Waals surface area contributed by atoms with Gasteiger partial charge in [-0.25, -0.2) is 4.98 Å². The lowest BCUT2D eigenvalue weighted by Crippen LogP contribution is -2.18. The van der Waals surface area contributed by atoms with Crippen molar-refractivity contribution in [3.05, 3.63) is 58.5 Å². The monoisotopic (exact) mass is 291 g/mol. The van der Waals surface area contributed by atoms with Crippen LogP contribution in [0.4, 0.5) is 5.82 Å². The van der Waals surface area contributed by atoms with Crippen molar-refractivity contribution >= 4 is 16.7 Å². The number of nitrogen functional groups attached to an aromatic ring is 1. The maximum absolute atomic E-state index is 12.3. The molecule has 4 heteroatoms. The van der Waals surface area contributed by atoms with Gasteiger partial charge in [-0.05, 0) is 54.5 Å². The highest BCUT2D eigenvalue weighted by molar-refractivity contribution is 5.89. The first-order valence-electron chi connectivity index (χ1n) is 7.52. The van der Waals surface area contributed by atoms with Crippen molar-refractivity contribution in [2.45, 2.75) is 25.8 Å². The number of aryl methyl sites for hydroxylation is 1. The molecule has 1 aliphatic rings. The van der Waals surface area contributed by atoms with E-state index in [-0.39, 0.29) is 5.56 Å². The summed E-state index contributed by atoms with van der Waals surface area (Å²) in [6.07, 6.45) is 3.96. The van der Waals surface area contributed by atoms with Crippen LogP contribution in [0.2, 0.25) is 0 Å². The van der Waals surface area contributed by atoms with Gasteiger partial charge in [-0.15, -0.1) is 0 Å². The number of rotatable bonds is 2. The summed E-state index contributed by atoms with van der Waals surface area (Å²) in [6, 6.07) is 11.9. The lowest BCUT2D eigenvalue weighted by atomic mass is 9.98. The molecule has 2 heterocycles. The van der Waals surface area contributed by atoms with Crippen molar-refractivity contribution in [2.24, 2.45) is 0 Å². The van der Waals surface area contributed by atoms with Gasteiger partial charge in [0.15, 0.2) is 0 Å². The molecule has 1 aromatic carbocycles. The molecule has 0 amide bonds. The number of pyridine rings is 2. The number of hydrogen-bond acceptors (Lipinski definition) is 3. The molecule has 2 N–H and O–H groups in total. The van der Waals surface area contributed by atoms with E-state index in [0.717, 1.165) is 40.4 Å². The second-order valence-corrected chi connectivity index (χ2v) is 5.92. The van der Waals surface area contributed by atoms with E-state index in [1.165, 1.54) is 0 Å². The second kappa shape index (κ2) is 4.70. The molecule has 1 saturated carbocycles. The molecular weight excluding hydrogens is 274 g/mol. The Bertz CT molecular complexity index is 921. The summed E-state index contributed by atoms with van der Waals surface area (Å²) < 4.78 is 1.96. The highest BCUT2D eigenvalue weighted by atomic mass is 16.1. The van der Waals surface area contributed by atoms with Gasteiger partial charge in [-0.2, -0.15) is 0 Å². The first-order chi connectivity index (χ1) is 10.6. The predicted molar refractivity (Wildman–Crippen MR) is 88.9 cm³/mol. The largest absolute Gasteiger partial charge is 0.384 e. The Morgan fingerprint density at radius 3 is 2.59 bits per heavy atom. The zero-order valence-corrected chi connectivity index (χ0v) is 12.4. The molecule has 2 aromatic heterocycles. The summed E-state index contributed by atoms with van der Waals surface area (Å²) in [4.78, 5) is 16.5. The van der Waals surface area contributed by atoms with Crippen molar-refractivity contribution in [1.82, 2.24) is 9.55 Å². The fraction of sp³-hybridized carbons (Fsp3) is 0.222. The Morgan fingerprint density at radius 2 is 1.91 bits per heavy atom. The molecule has 0 radical (unpaired) electrons. The summed E-state index contributed by atoms with van der Waals surface area (Å²) in [5, 5.41) is 1.11. The molecule has 4 rings (SSSR count). The minimum Gasteiger partial charge on any atom is -0.384 e. The summed E-state index contributed by atoms with van der Waals surface area (Å²) in [5.41, 5.74) is 10.0. The van der Waals surface area contributed by atoms with Crippen LogP contribution in [0.25, 0.3) is 22.0 Å². The van der Waals surface area contributed by atoms with Gasteiger partial charge in [-0.1, -0.05) is 12.1 Å². The summed E-state index contributed by atoms with van der Waals surface area (Å²) >= 11 is 0. The molecule has 0 spiro atoms. The number of aromatic nitrogens is 2. The summed E-state index contributed by atoms with van der Waals surface area (Å²) in [7, 11) is 0. The van der Waals surface area contributed by atoms with Gasteiger partial charge >= 0.3 is 0 Å². The van der Waals surface area contributed by atoms with E-state index in [1.54, 1.807) is 18.3 Å². The first-order valence-corrected chi connectivity index (χ1v) is 7.52. The molecule has 3 aromatic rings. The molecule has 0 unspecified atom stereocenters. The number of benzene rings is 1. The van der Waals surface area contributed by atoms with Crippen molar-refractivity contribution < 1.29 is 0 Å². The van der Waals surface area contributed by atoms with Gasteiger partial charge < -0.3 is 10.3 Å². The number of nitrogens with two attached hydrogens (primary N) is 1. The SMILES string of the molecule is Cc1c(-c2ccc(N)nc2)ccc2ccc(=O)n(C3CC3)c12. The minimum absolute atomic E-state index is 0.0886. The Balaban J connectivity index is 2.02. The molecule has 4 nitrogen and oxygen atoms in total. The topological polar surface area (TPSA) is 60.9 Å². The van der Waals surface area contributed by atoms with E-state index in [0.29, 0.717) is 11.9 Å². The van der Waals surface area contributed by atoms with Gasteiger partial charge in [0, 0.05) is 23.9 Å². The Labute approximate surface area is 128 Å². The van der Waals surface area contributed by atoms with E-state index in [2.05, 4.69) is 24.0 Å². The number of fused-ring (bicyclic) bond motifs is 1. The van der Waals surface area contributed by atoms with E-state index < -0.39 is 0 Å². The van der Waals surface area contributed by atoms with E-state index in [9.17, 15) is 4.79 Å². The normalized spacial score (nSPS) is 14.4. The third kappa shape index (κ3) is 1.99. The zero-order chi connectivity index (χ0) is 15.3. The van der Waals surface area contributed by atoms with Gasteiger partial charge in [0.05, 0.1) is 5.52 Å². The minimum atomic E-state index is 0.0886. The molecular formula is C18H17N3O.